The van der Waals surface area contributed by atoms with Crippen molar-refractivity contribution in [3.63, 3.8) is 0 Å². The Morgan fingerprint density at radius 3 is 1.85 bits per heavy atom. The summed E-state index contributed by atoms with van der Waals surface area (Å²) in [7, 11) is -10.4. The van der Waals surface area contributed by atoms with Crippen LogP contribution < -0.4 is 10.6 Å². The third-order valence-electron chi connectivity index (χ3n) is 5.61. The van der Waals surface area contributed by atoms with Gasteiger partial charge in [-0.1, -0.05) is 32.0 Å². The molecule has 188 valence electrons. The molecule has 0 aromatic heterocycles. The van der Waals surface area contributed by atoms with E-state index in [1.54, 1.807) is 24.3 Å². The maximum absolute atomic E-state index is 12.3. The van der Waals surface area contributed by atoms with Crippen molar-refractivity contribution >= 4 is 26.9 Å². The average Bonchev–Trinajstić information content (AvgIpc) is 2.72. The van der Waals surface area contributed by atoms with Crippen LogP contribution in [-0.4, -0.2) is 47.8 Å². The standard InChI is InChI=1S/C21H30N2O9P2/c1-3-16(13-5-8-15(24)9-6-13)17(4-2)14-7-10-19(25)18(11-14)23-21(26)22-12-20(33(27,28)29)34(30,31)32/h5-11,16-17,20,24-25H,3-4,12H2,1-2H3,(H2,22,23,26)(H2,27,28,29)(H2,30,31,32). The number of phenols is 2. The van der Waals surface area contributed by atoms with Crippen LogP contribution in [0.25, 0.3) is 0 Å². The van der Waals surface area contributed by atoms with Crippen LogP contribution >= 0.6 is 15.2 Å². The minimum absolute atomic E-state index is 0.00690. The zero-order chi connectivity index (χ0) is 25.7. The van der Waals surface area contributed by atoms with Gasteiger partial charge in [-0.25, -0.2) is 4.79 Å². The van der Waals surface area contributed by atoms with Crippen molar-refractivity contribution in [3.8, 4) is 11.5 Å². The van der Waals surface area contributed by atoms with Crippen molar-refractivity contribution in [1.82, 2.24) is 5.32 Å². The minimum Gasteiger partial charge on any atom is -0.508 e. The number of phenolic OH excluding ortho intramolecular Hbond substituents is 2. The number of hydrogen-bond acceptors (Lipinski definition) is 5. The predicted molar refractivity (Wildman–Crippen MR) is 127 cm³/mol. The van der Waals surface area contributed by atoms with Gasteiger partial charge in [0.15, 0.2) is 5.40 Å². The molecule has 13 heteroatoms. The van der Waals surface area contributed by atoms with E-state index in [0.29, 0.717) is 0 Å². The lowest BCUT2D eigenvalue weighted by Gasteiger charge is -2.27. The highest BCUT2D eigenvalue weighted by Gasteiger charge is 2.43. The summed E-state index contributed by atoms with van der Waals surface area (Å²) in [6, 6.07) is 10.6. The van der Waals surface area contributed by atoms with E-state index in [-0.39, 0.29) is 29.0 Å². The molecular formula is C21H30N2O9P2. The van der Waals surface area contributed by atoms with E-state index in [2.05, 4.69) is 5.32 Å². The van der Waals surface area contributed by atoms with Gasteiger partial charge in [0.2, 0.25) is 0 Å². The summed E-state index contributed by atoms with van der Waals surface area (Å²) in [5.41, 5.74) is 1.87. The van der Waals surface area contributed by atoms with Gasteiger partial charge in [-0.15, -0.1) is 0 Å². The van der Waals surface area contributed by atoms with E-state index in [1.807, 2.05) is 31.3 Å². The summed E-state index contributed by atoms with van der Waals surface area (Å²) < 4.78 is 22.7. The van der Waals surface area contributed by atoms with E-state index >= 15 is 0 Å². The van der Waals surface area contributed by atoms with Crippen LogP contribution in [0.1, 0.15) is 49.7 Å². The number of carbonyl (C=O) groups is 1. The van der Waals surface area contributed by atoms with Crippen molar-refractivity contribution in [2.24, 2.45) is 0 Å². The van der Waals surface area contributed by atoms with Gasteiger partial charge in [0.1, 0.15) is 11.5 Å². The van der Waals surface area contributed by atoms with Gasteiger partial charge in [-0.3, -0.25) is 9.13 Å². The fourth-order valence-electron chi connectivity index (χ4n) is 3.90. The van der Waals surface area contributed by atoms with E-state index in [9.17, 15) is 24.1 Å². The first-order valence-corrected chi connectivity index (χ1v) is 13.9. The Morgan fingerprint density at radius 2 is 1.35 bits per heavy atom. The highest BCUT2D eigenvalue weighted by Crippen LogP contribution is 2.59. The Labute approximate surface area is 197 Å². The lowest BCUT2D eigenvalue weighted by atomic mass is 9.78. The van der Waals surface area contributed by atoms with Crippen LogP contribution in [-0.2, 0) is 9.13 Å². The molecule has 0 heterocycles. The van der Waals surface area contributed by atoms with Crippen LogP contribution in [0.4, 0.5) is 10.5 Å². The van der Waals surface area contributed by atoms with Crippen LogP contribution in [0.5, 0.6) is 11.5 Å². The number of hydrogen-bond donors (Lipinski definition) is 8. The Bertz CT molecular complexity index is 1060. The number of anilines is 1. The predicted octanol–water partition coefficient (Wildman–Crippen LogP) is 3.59. The molecule has 0 aliphatic rings. The quantitative estimate of drug-likeness (QED) is 0.172. The third-order valence-corrected chi connectivity index (χ3v) is 9.33. The molecular weight excluding hydrogens is 486 g/mol. The maximum atomic E-state index is 12.3. The minimum atomic E-state index is -5.19. The molecule has 0 spiro atoms. The smallest absolute Gasteiger partial charge is 0.342 e. The molecule has 2 aromatic rings. The first-order valence-electron chi connectivity index (χ1n) is 10.5. The summed E-state index contributed by atoms with van der Waals surface area (Å²) in [6.07, 6.45) is 1.53. The lowest BCUT2D eigenvalue weighted by Crippen LogP contribution is -2.35. The Balaban J connectivity index is 2.23. The molecule has 0 radical (unpaired) electrons. The van der Waals surface area contributed by atoms with Gasteiger partial charge in [0.25, 0.3) is 0 Å². The summed E-state index contributed by atoms with van der Waals surface area (Å²) in [5, 5.41) is 21.8. The third kappa shape index (κ3) is 7.30. The van der Waals surface area contributed by atoms with Crippen molar-refractivity contribution in [2.45, 2.75) is 43.9 Å². The fraction of sp³-hybridized carbons (Fsp3) is 0.381. The number of carbonyl (C=O) groups excluding carboxylic acids is 1. The molecule has 2 rings (SSSR count). The number of amides is 2. The van der Waals surface area contributed by atoms with Crippen LogP contribution in [0.15, 0.2) is 42.5 Å². The molecule has 0 aliphatic heterocycles. The molecule has 0 fully saturated rings. The molecule has 34 heavy (non-hydrogen) atoms. The molecule has 0 saturated heterocycles. The second-order valence-electron chi connectivity index (χ2n) is 7.89. The Hall–Kier alpha value is -2.39. The average molecular weight is 516 g/mol. The molecule has 11 nitrogen and oxygen atoms in total. The summed E-state index contributed by atoms with van der Waals surface area (Å²) in [6.45, 7) is 3.06. The SMILES string of the molecule is CCC(c1ccc(O)cc1)C(CC)c1ccc(O)c(NC(=O)NCC(P(=O)(O)O)P(=O)(O)O)c1. The molecule has 0 saturated carbocycles. The maximum Gasteiger partial charge on any atom is 0.342 e. The zero-order valence-corrected chi connectivity index (χ0v) is 20.5. The molecule has 8 N–H and O–H groups in total. The second-order valence-corrected chi connectivity index (χ2v) is 11.9. The second kappa shape index (κ2) is 11.4. The molecule has 2 unspecified atom stereocenters. The van der Waals surface area contributed by atoms with Crippen molar-refractivity contribution in [1.29, 1.82) is 0 Å². The highest BCUT2D eigenvalue weighted by molar-refractivity contribution is 7.70. The van der Waals surface area contributed by atoms with Gasteiger partial charge >= 0.3 is 21.2 Å². The first-order chi connectivity index (χ1) is 15.8. The molecule has 2 atom stereocenters. The van der Waals surface area contributed by atoms with Gasteiger partial charge < -0.3 is 40.4 Å². The molecule has 2 aromatic carbocycles. The molecule has 2 amide bonds. The Kier molecular flexibility index (Phi) is 9.30. The normalized spacial score (nSPS) is 14.0. The monoisotopic (exact) mass is 516 g/mol. The van der Waals surface area contributed by atoms with E-state index in [4.69, 9.17) is 19.6 Å². The van der Waals surface area contributed by atoms with Crippen LogP contribution in [0.2, 0.25) is 0 Å². The van der Waals surface area contributed by atoms with Crippen molar-refractivity contribution in [2.75, 3.05) is 11.9 Å². The molecule has 0 aliphatic carbocycles. The summed E-state index contributed by atoms with van der Waals surface area (Å²) in [5.74, 6) is -0.00184. The summed E-state index contributed by atoms with van der Waals surface area (Å²) in [4.78, 5) is 48.9. The van der Waals surface area contributed by atoms with E-state index < -0.39 is 33.2 Å². The Morgan fingerprint density at radius 1 is 0.853 bits per heavy atom. The van der Waals surface area contributed by atoms with Gasteiger partial charge in [-0.2, -0.15) is 0 Å². The first kappa shape index (κ1) is 27.9. The largest absolute Gasteiger partial charge is 0.508 e. The lowest BCUT2D eigenvalue weighted by molar-refractivity contribution is 0.252. The summed E-state index contributed by atoms with van der Waals surface area (Å²) >= 11 is 0. The van der Waals surface area contributed by atoms with Crippen LogP contribution in [0.3, 0.4) is 0 Å². The number of aromatic hydroxyl groups is 2. The number of urea groups is 1. The topological polar surface area (TPSA) is 197 Å². The van der Waals surface area contributed by atoms with Crippen LogP contribution in [0, 0.1) is 0 Å². The number of nitrogens with one attached hydrogen (secondary N) is 2. The zero-order valence-electron chi connectivity index (χ0n) is 18.7. The van der Waals surface area contributed by atoms with E-state index in [1.165, 1.54) is 6.07 Å². The van der Waals surface area contributed by atoms with Crippen molar-refractivity contribution in [3.05, 3.63) is 53.6 Å². The number of benzene rings is 2. The fourth-order valence-corrected chi connectivity index (χ4v) is 6.12. The van der Waals surface area contributed by atoms with Crippen molar-refractivity contribution < 1.29 is 43.7 Å². The highest BCUT2D eigenvalue weighted by atomic mass is 31.2. The van der Waals surface area contributed by atoms with E-state index in [0.717, 1.165) is 24.0 Å². The van der Waals surface area contributed by atoms with Gasteiger partial charge in [0.05, 0.1) is 5.69 Å². The molecule has 0 bridgehead atoms. The van der Waals surface area contributed by atoms with Gasteiger partial charge in [0, 0.05) is 6.54 Å². The van der Waals surface area contributed by atoms with Gasteiger partial charge in [-0.05, 0) is 60.1 Å². The number of rotatable bonds is 10.